The standard InChI is InChI=1S/C51H73N7O11S3/c1-9-15-44(61)68-31-58(51(66)46(33(5)10-2)56-49(65)40-16-12-14-23-57(40)8)41(32(3)4)28-42(69-35(7)59)50-55-39(30-70-50)48(64)54-37(27-36-18-20-38(60)21-19-36)26-34(6)47(63)53-29-45(62)67-24-25-71-72-43-17-11-13-22-52-43/h11,13,17-22,30,32-34,37,40-42,46,60H,9-10,12,14-16,23-29,31H2,1-8H3,(H,53,63)(H,54,64)(H,56,65)/t33?,34-,37+,40?,41+,42+,46-/m0/s1. The summed E-state index contributed by atoms with van der Waals surface area (Å²) in [6.45, 7) is 12.6. The molecule has 4 rings (SSSR count). The lowest BCUT2D eigenvalue weighted by atomic mass is 9.92. The minimum Gasteiger partial charge on any atom is -0.508 e. The van der Waals surface area contributed by atoms with Crippen molar-refractivity contribution in [2.24, 2.45) is 17.8 Å². The van der Waals surface area contributed by atoms with Crippen molar-refractivity contribution in [1.82, 2.24) is 35.7 Å². The van der Waals surface area contributed by atoms with E-state index in [-0.39, 0.29) is 73.0 Å². The Hall–Kier alpha value is -5.25. The largest absolute Gasteiger partial charge is 0.508 e. The molecule has 2 unspecified atom stereocenters. The third-order valence-electron chi connectivity index (χ3n) is 12.4. The van der Waals surface area contributed by atoms with Crippen LogP contribution in [0.4, 0.5) is 0 Å². The van der Waals surface area contributed by atoms with Crippen molar-refractivity contribution in [3.05, 3.63) is 70.3 Å². The zero-order valence-electron chi connectivity index (χ0n) is 42.8. The molecule has 1 aromatic carbocycles. The van der Waals surface area contributed by atoms with Crippen LogP contribution < -0.4 is 16.0 Å². The number of phenols is 1. The van der Waals surface area contributed by atoms with Gasteiger partial charge in [-0.3, -0.25) is 38.5 Å². The molecular formula is C51H73N7O11S3. The number of piperidine rings is 1. The maximum Gasteiger partial charge on any atom is 0.325 e. The molecule has 4 N–H and O–H groups in total. The number of rotatable bonds is 29. The summed E-state index contributed by atoms with van der Waals surface area (Å²) in [7, 11) is 4.86. The lowest BCUT2D eigenvalue weighted by Gasteiger charge is -2.39. The van der Waals surface area contributed by atoms with E-state index >= 15 is 0 Å². The fourth-order valence-corrected chi connectivity index (χ4v) is 10.7. The van der Waals surface area contributed by atoms with Gasteiger partial charge in [0.2, 0.25) is 17.7 Å². The SMILES string of the molecule is CCCC(=O)OCN(C(=O)[C@@H](NC(=O)C1CCCCN1C)C(C)CC)[C@H](C[C@@H](OC(C)=O)c1nc(C(=O)N[C@@H](Cc2ccc(O)cc2)C[C@H](C)C(=O)NCC(=O)OCCSSc2ccccn2)cs1)C(C)C. The summed E-state index contributed by atoms with van der Waals surface area (Å²) in [5.74, 6) is -4.01. The first-order valence-electron chi connectivity index (χ1n) is 24.7. The number of aromatic hydroxyl groups is 1. The van der Waals surface area contributed by atoms with Crippen LogP contribution in [0.5, 0.6) is 5.75 Å². The van der Waals surface area contributed by atoms with Crippen LogP contribution in [0.1, 0.15) is 127 Å². The molecule has 0 aliphatic carbocycles. The third kappa shape index (κ3) is 19.6. The van der Waals surface area contributed by atoms with Gasteiger partial charge in [0.1, 0.15) is 40.7 Å². The zero-order chi connectivity index (χ0) is 52.7. The number of carbonyl (C=O) groups excluding carboxylic acids is 7. The smallest absolute Gasteiger partial charge is 0.325 e. The Labute approximate surface area is 435 Å². The average Bonchev–Trinajstić information content (AvgIpc) is 3.85. The van der Waals surface area contributed by atoms with Gasteiger partial charge in [-0.05, 0) is 98.2 Å². The van der Waals surface area contributed by atoms with Crippen molar-refractivity contribution in [3.8, 4) is 5.75 Å². The minimum absolute atomic E-state index is 0.0169. The normalized spacial score (nSPS) is 16.3. The molecule has 0 spiro atoms. The average molecular weight is 1060 g/mol. The number of nitrogens with one attached hydrogen (secondary N) is 3. The maximum atomic E-state index is 14.9. The molecule has 2 aromatic heterocycles. The van der Waals surface area contributed by atoms with Gasteiger partial charge < -0.3 is 40.2 Å². The predicted octanol–water partition coefficient (Wildman–Crippen LogP) is 6.87. The van der Waals surface area contributed by atoms with Gasteiger partial charge in [-0.2, -0.15) is 0 Å². The molecule has 21 heteroatoms. The number of likely N-dealkylation sites (N-methyl/N-ethyl adjacent to an activating group) is 1. The number of aromatic nitrogens is 2. The molecule has 1 aliphatic heterocycles. The number of hydrogen-bond donors (Lipinski definition) is 4. The number of hydrogen-bond acceptors (Lipinski definition) is 17. The van der Waals surface area contributed by atoms with Crippen LogP contribution >= 0.6 is 32.9 Å². The fourth-order valence-electron chi connectivity index (χ4n) is 8.15. The molecule has 1 fully saturated rings. The van der Waals surface area contributed by atoms with Crippen molar-refractivity contribution < 1.29 is 52.9 Å². The first kappa shape index (κ1) is 59.3. The third-order valence-corrected chi connectivity index (χ3v) is 15.5. The Bertz CT molecular complexity index is 2220. The van der Waals surface area contributed by atoms with Crippen LogP contribution in [0.2, 0.25) is 0 Å². The van der Waals surface area contributed by atoms with Crippen molar-refractivity contribution in [1.29, 1.82) is 0 Å². The Morgan fingerprint density at radius 1 is 0.958 bits per heavy atom. The van der Waals surface area contributed by atoms with Crippen molar-refractivity contribution in [3.63, 3.8) is 0 Å². The Balaban J connectivity index is 1.51. The Morgan fingerprint density at radius 3 is 2.36 bits per heavy atom. The predicted molar refractivity (Wildman–Crippen MR) is 278 cm³/mol. The van der Waals surface area contributed by atoms with E-state index < -0.39 is 78.5 Å². The van der Waals surface area contributed by atoms with E-state index in [9.17, 15) is 38.7 Å². The number of likely N-dealkylation sites (tertiary alicyclic amines) is 1. The van der Waals surface area contributed by atoms with Crippen molar-refractivity contribution in [2.45, 2.75) is 142 Å². The molecule has 72 heavy (non-hydrogen) atoms. The highest BCUT2D eigenvalue weighted by molar-refractivity contribution is 8.76. The van der Waals surface area contributed by atoms with E-state index in [1.165, 1.54) is 50.9 Å². The van der Waals surface area contributed by atoms with Crippen LogP contribution in [0, 0.1) is 17.8 Å². The molecular weight excluding hydrogens is 983 g/mol. The molecule has 18 nitrogen and oxygen atoms in total. The topological polar surface area (TPSA) is 236 Å². The number of benzene rings is 1. The summed E-state index contributed by atoms with van der Waals surface area (Å²) >= 11 is 1.09. The van der Waals surface area contributed by atoms with Crippen LogP contribution in [-0.4, -0.2) is 130 Å². The summed E-state index contributed by atoms with van der Waals surface area (Å²) in [5.41, 5.74) is 0.798. The monoisotopic (exact) mass is 1060 g/mol. The van der Waals surface area contributed by atoms with E-state index in [1.54, 1.807) is 25.3 Å². The van der Waals surface area contributed by atoms with Crippen molar-refractivity contribution in [2.75, 3.05) is 39.2 Å². The molecule has 0 radical (unpaired) electrons. The van der Waals surface area contributed by atoms with E-state index in [0.29, 0.717) is 25.0 Å². The first-order valence-corrected chi connectivity index (χ1v) is 27.9. The fraction of sp³-hybridized carbons (Fsp3) is 0.588. The van der Waals surface area contributed by atoms with E-state index in [1.807, 2.05) is 64.8 Å². The number of thiazole rings is 1. The number of phenolic OH excluding ortho intramolecular Hbond substituents is 1. The van der Waals surface area contributed by atoms with Gasteiger partial charge in [0, 0.05) is 55.1 Å². The Kier molecular flexibility index (Phi) is 25.3. The van der Waals surface area contributed by atoms with Crippen molar-refractivity contribution >= 4 is 74.5 Å². The summed E-state index contributed by atoms with van der Waals surface area (Å²) < 4.78 is 16.9. The second-order valence-electron chi connectivity index (χ2n) is 18.5. The van der Waals surface area contributed by atoms with Crippen LogP contribution in [0.3, 0.4) is 0 Å². The van der Waals surface area contributed by atoms with Gasteiger partial charge >= 0.3 is 17.9 Å². The summed E-state index contributed by atoms with van der Waals surface area (Å²) in [6.07, 6.45) is 4.91. The molecule has 7 atom stereocenters. The molecule has 396 valence electrons. The van der Waals surface area contributed by atoms with Gasteiger partial charge in [0.15, 0.2) is 12.8 Å². The molecule has 4 amide bonds. The number of esters is 3. The van der Waals surface area contributed by atoms with Crippen LogP contribution in [0.25, 0.3) is 0 Å². The first-order chi connectivity index (χ1) is 34.4. The maximum absolute atomic E-state index is 14.9. The van der Waals surface area contributed by atoms with Crippen LogP contribution in [0.15, 0.2) is 59.1 Å². The lowest BCUT2D eigenvalue weighted by molar-refractivity contribution is -0.160. The second kappa shape index (κ2) is 30.7. The van der Waals surface area contributed by atoms with E-state index in [0.717, 1.165) is 41.3 Å². The number of pyridine rings is 1. The number of ether oxygens (including phenoxy) is 3. The van der Waals surface area contributed by atoms with E-state index in [4.69, 9.17) is 14.2 Å². The lowest BCUT2D eigenvalue weighted by Crippen LogP contribution is -2.59. The van der Waals surface area contributed by atoms with Gasteiger partial charge in [-0.1, -0.05) is 83.4 Å². The van der Waals surface area contributed by atoms with Gasteiger partial charge in [0.05, 0.1) is 6.04 Å². The molecule has 0 bridgehead atoms. The quantitative estimate of drug-likeness (QED) is 0.0182. The minimum atomic E-state index is -1.04. The molecule has 3 aromatic rings. The van der Waals surface area contributed by atoms with Crippen LogP contribution in [-0.2, 0) is 49.4 Å². The van der Waals surface area contributed by atoms with Gasteiger partial charge in [0.25, 0.3) is 5.91 Å². The molecule has 0 saturated carbocycles. The highest BCUT2D eigenvalue weighted by Crippen LogP contribution is 2.32. The Morgan fingerprint density at radius 2 is 1.71 bits per heavy atom. The molecule has 1 aliphatic rings. The summed E-state index contributed by atoms with van der Waals surface area (Å²) in [6, 6.07) is 9.42. The number of amides is 4. The van der Waals surface area contributed by atoms with E-state index in [2.05, 4.69) is 25.9 Å². The summed E-state index contributed by atoms with van der Waals surface area (Å²) in [5, 5.41) is 21.3. The van der Waals surface area contributed by atoms with Gasteiger partial charge in [-0.15, -0.1) is 11.3 Å². The molecule has 3 heterocycles. The second-order valence-corrected chi connectivity index (χ2v) is 21.8. The highest BCUT2D eigenvalue weighted by atomic mass is 33.1. The van der Waals surface area contributed by atoms with Gasteiger partial charge in [-0.25, -0.2) is 9.97 Å². The highest BCUT2D eigenvalue weighted by Gasteiger charge is 2.39. The summed E-state index contributed by atoms with van der Waals surface area (Å²) in [4.78, 5) is 106. The zero-order valence-corrected chi connectivity index (χ0v) is 45.2. The molecule has 1 saturated heterocycles. The number of carbonyl (C=O) groups is 7. The number of nitrogens with zero attached hydrogens (tertiary/aromatic N) is 4.